The van der Waals surface area contributed by atoms with Gasteiger partial charge >= 0.3 is 0 Å². The highest BCUT2D eigenvalue weighted by Gasteiger charge is 2.24. The van der Waals surface area contributed by atoms with Gasteiger partial charge in [0.15, 0.2) is 0 Å². The van der Waals surface area contributed by atoms with Crippen molar-refractivity contribution >= 4 is 5.91 Å². The second-order valence-electron chi connectivity index (χ2n) is 5.99. The first-order chi connectivity index (χ1) is 10.3. The van der Waals surface area contributed by atoms with Crippen molar-refractivity contribution in [2.24, 2.45) is 5.92 Å². The molecule has 0 radical (unpaired) electrons. The van der Waals surface area contributed by atoms with E-state index < -0.39 is 0 Å². The number of rotatable bonds is 4. The van der Waals surface area contributed by atoms with E-state index in [1.807, 2.05) is 12.1 Å². The van der Waals surface area contributed by atoms with Crippen LogP contribution in [0.4, 0.5) is 0 Å². The molecule has 2 aliphatic rings. The Morgan fingerprint density at radius 1 is 1.33 bits per heavy atom. The average Bonchev–Trinajstić information content (AvgIpc) is 3.03. The number of ether oxygens (including phenoxy) is 1. The molecule has 3 heterocycles. The predicted molar refractivity (Wildman–Crippen MR) is 80.1 cm³/mol. The molecule has 3 rings (SSSR count). The smallest absolute Gasteiger partial charge is 0.270 e. The van der Waals surface area contributed by atoms with Crippen molar-refractivity contribution in [2.75, 3.05) is 32.8 Å². The summed E-state index contributed by atoms with van der Waals surface area (Å²) in [6, 6.07) is 5.69. The molecule has 0 bridgehead atoms. The van der Waals surface area contributed by atoms with Gasteiger partial charge in [0, 0.05) is 38.5 Å². The lowest BCUT2D eigenvalue weighted by atomic mass is 10.0. The maximum atomic E-state index is 12.1. The highest BCUT2D eigenvalue weighted by Crippen LogP contribution is 2.17. The van der Waals surface area contributed by atoms with Crippen molar-refractivity contribution in [3.63, 3.8) is 0 Å². The van der Waals surface area contributed by atoms with Crippen LogP contribution < -0.4 is 5.32 Å². The molecule has 5 heteroatoms. The molecule has 2 aliphatic heterocycles. The number of carbonyl (C=O) groups excluding carboxylic acids is 1. The molecule has 21 heavy (non-hydrogen) atoms. The summed E-state index contributed by atoms with van der Waals surface area (Å²) < 4.78 is 5.43. The molecule has 1 N–H and O–H groups in total. The Bertz CT molecular complexity index is 452. The third-order valence-corrected chi connectivity index (χ3v) is 4.36. The number of hydrogen-bond acceptors (Lipinski definition) is 4. The molecule has 1 aromatic rings. The van der Waals surface area contributed by atoms with E-state index in [1.165, 1.54) is 6.42 Å². The Morgan fingerprint density at radius 2 is 2.19 bits per heavy atom. The molecular formula is C16H23N3O2. The van der Waals surface area contributed by atoms with Gasteiger partial charge in [0.1, 0.15) is 5.69 Å². The van der Waals surface area contributed by atoms with Gasteiger partial charge in [-0.05, 0) is 37.3 Å². The van der Waals surface area contributed by atoms with E-state index in [4.69, 9.17) is 4.74 Å². The third kappa shape index (κ3) is 4.02. The standard InChI is InChI=1S/C16H23N3O2/c20-16(15-3-1-2-7-17-15)18-14-4-8-19(9-5-14)11-13-6-10-21-12-13/h1-3,7,13-14H,4-6,8-12H2,(H,18,20). The molecule has 2 fully saturated rings. The van der Waals surface area contributed by atoms with Crippen molar-refractivity contribution in [3.05, 3.63) is 30.1 Å². The minimum atomic E-state index is -0.0572. The van der Waals surface area contributed by atoms with E-state index in [0.717, 1.165) is 45.7 Å². The van der Waals surface area contributed by atoms with Crippen molar-refractivity contribution < 1.29 is 9.53 Å². The first-order valence-corrected chi connectivity index (χ1v) is 7.83. The summed E-state index contributed by atoms with van der Waals surface area (Å²) in [5, 5.41) is 3.10. The van der Waals surface area contributed by atoms with E-state index in [0.29, 0.717) is 11.6 Å². The van der Waals surface area contributed by atoms with Crippen LogP contribution in [0.25, 0.3) is 0 Å². The van der Waals surface area contributed by atoms with Crippen LogP contribution in [0.1, 0.15) is 29.8 Å². The van der Waals surface area contributed by atoms with Gasteiger partial charge in [-0.1, -0.05) is 6.07 Å². The molecule has 0 aromatic carbocycles. The number of amides is 1. The zero-order valence-corrected chi connectivity index (χ0v) is 12.3. The largest absolute Gasteiger partial charge is 0.381 e. The van der Waals surface area contributed by atoms with Crippen LogP contribution in [-0.4, -0.2) is 54.7 Å². The molecular weight excluding hydrogens is 266 g/mol. The normalized spacial score (nSPS) is 24.1. The number of carbonyl (C=O) groups is 1. The number of pyridine rings is 1. The molecule has 0 aliphatic carbocycles. The average molecular weight is 289 g/mol. The van der Waals surface area contributed by atoms with Crippen LogP contribution in [0.2, 0.25) is 0 Å². The van der Waals surface area contributed by atoms with Gasteiger partial charge in [0.25, 0.3) is 5.91 Å². The SMILES string of the molecule is O=C(NC1CCN(CC2CCOC2)CC1)c1ccccn1. The fourth-order valence-corrected chi connectivity index (χ4v) is 3.11. The van der Waals surface area contributed by atoms with Crippen molar-refractivity contribution in [3.8, 4) is 0 Å². The number of nitrogens with one attached hydrogen (secondary N) is 1. The monoisotopic (exact) mass is 289 g/mol. The summed E-state index contributed by atoms with van der Waals surface area (Å²) in [7, 11) is 0. The molecule has 114 valence electrons. The maximum Gasteiger partial charge on any atom is 0.270 e. The van der Waals surface area contributed by atoms with Crippen molar-refractivity contribution in [1.29, 1.82) is 0 Å². The maximum absolute atomic E-state index is 12.1. The second-order valence-corrected chi connectivity index (χ2v) is 5.99. The number of piperidine rings is 1. The molecule has 1 aromatic heterocycles. The van der Waals surface area contributed by atoms with Crippen LogP contribution in [0.15, 0.2) is 24.4 Å². The molecule has 1 unspecified atom stereocenters. The molecule has 1 amide bonds. The van der Waals surface area contributed by atoms with Crippen molar-refractivity contribution in [2.45, 2.75) is 25.3 Å². The lowest BCUT2D eigenvalue weighted by Crippen LogP contribution is -2.46. The molecule has 1 atom stereocenters. The Balaban J connectivity index is 1.42. The number of hydrogen-bond donors (Lipinski definition) is 1. The summed E-state index contributed by atoms with van der Waals surface area (Å²) in [5.74, 6) is 0.642. The molecule has 0 saturated carbocycles. The van der Waals surface area contributed by atoms with Gasteiger partial charge in [-0.15, -0.1) is 0 Å². The second kappa shape index (κ2) is 7.00. The summed E-state index contributed by atoms with van der Waals surface area (Å²) in [6.45, 7) is 5.09. The summed E-state index contributed by atoms with van der Waals surface area (Å²) in [5.41, 5.74) is 0.503. The van der Waals surface area contributed by atoms with Gasteiger partial charge in [0.05, 0.1) is 6.61 Å². The van der Waals surface area contributed by atoms with E-state index in [1.54, 1.807) is 12.3 Å². The minimum absolute atomic E-state index is 0.0572. The van der Waals surface area contributed by atoms with Crippen LogP contribution in [0.5, 0.6) is 0 Å². The Hall–Kier alpha value is -1.46. The topological polar surface area (TPSA) is 54.5 Å². The van der Waals surface area contributed by atoms with Crippen LogP contribution in [0.3, 0.4) is 0 Å². The van der Waals surface area contributed by atoms with Crippen molar-refractivity contribution in [1.82, 2.24) is 15.2 Å². The van der Waals surface area contributed by atoms with Crippen LogP contribution in [0, 0.1) is 5.92 Å². The van der Waals surface area contributed by atoms with E-state index in [2.05, 4.69) is 15.2 Å². The summed E-state index contributed by atoms with van der Waals surface area (Å²) in [4.78, 5) is 18.7. The number of aromatic nitrogens is 1. The fraction of sp³-hybridized carbons (Fsp3) is 0.625. The van der Waals surface area contributed by atoms with Crippen LogP contribution >= 0.6 is 0 Å². The van der Waals surface area contributed by atoms with Gasteiger partial charge in [-0.3, -0.25) is 9.78 Å². The highest BCUT2D eigenvalue weighted by atomic mass is 16.5. The van der Waals surface area contributed by atoms with Gasteiger partial charge < -0.3 is 15.0 Å². The van der Waals surface area contributed by atoms with E-state index in [9.17, 15) is 4.79 Å². The quantitative estimate of drug-likeness (QED) is 0.908. The number of likely N-dealkylation sites (tertiary alicyclic amines) is 1. The first kappa shape index (κ1) is 14.5. The zero-order chi connectivity index (χ0) is 14.5. The summed E-state index contributed by atoms with van der Waals surface area (Å²) >= 11 is 0. The fourth-order valence-electron chi connectivity index (χ4n) is 3.11. The van der Waals surface area contributed by atoms with E-state index in [-0.39, 0.29) is 11.9 Å². The number of nitrogens with zero attached hydrogens (tertiary/aromatic N) is 2. The lowest BCUT2D eigenvalue weighted by Gasteiger charge is -2.33. The van der Waals surface area contributed by atoms with Gasteiger partial charge in [-0.2, -0.15) is 0 Å². The minimum Gasteiger partial charge on any atom is -0.381 e. The lowest BCUT2D eigenvalue weighted by molar-refractivity contribution is 0.0898. The summed E-state index contributed by atoms with van der Waals surface area (Å²) in [6.07, 6.45) is 4.88. The van der Waals surface area contributed by atoms with E-state index >= 15 is 0 Å². The Kier molecular flexibility index (Phi) is 4.83. The van der Waals surface area contributed by atoms with Crippen LogP contribution in [-0.2, 0) is 4.74 Å². The highest BCUT2D eigenvalue weighted by molar-refractivity contribution is 5.92. The predicted octanol–water partition coefficient (Wildman–Crippen LogP) is 1.31. The Labute approximate surface area is 125 Å². The third-order valence-electron chi connectivity index (χ3n) is 4.36. The molecule has 0 spiro atoms. The first-order valence-electron chi connectivity index (χ1n) is 7.83. The zero-order valence-electron chi connectivity index (χ0n) is 12.3. The molecule has 5 nitrogen and oxygen atoms in total. The molecule has 2 saturated heterocycles. The Morgan fingerprint density at radius 3 is 2.86 bits per heavy atom. The van der Waals surface area contributed by atoms with Gasteiger partial charge in [0.2, 0.25) is 0 Å². The van der Waals surface area contributed by atoms with Gasteiger partial charge in [-0.25, -0.2) is 0 Å².